The molecule has 2 aromatic rings. The minimum absolute atomic E-state index is 0.475. The number of pyridine rings is 1. The number of aromatic nitrogens is 1. The number of aryl methyl sites for hydroxylation is 2. The molecule has 0 saturated carbocycles. The van der Waals surface area contributed by atoms with E-state index in [1.54, 1.807) is 12.1 Å². The van der Waals surface area contributed by atoms with E-state index in [4.69, 9.17) is 0 Å². The number of fused-ring (bicyclic) bond motifs is 1. The second-order valence-electron chi connectivity index (χ2n) is 5.87. The molecular formula is C19H18N2O2S. The van der Waals surface area contributed by atoms with E-state index >= 15 is 0 Å². The minimum Gasteiger partial charge on any atom is -0.480 e. The van der Waals surface area contributed by atoms with Crippen molar-refractivity contribution in [2.45, 2.75) is 42.4 Å². The van der Waals surface area contributed by atoms with Crippen molar-refractivity contribution in [2.24, 2.45) is 0 Å². The Balaban J connectivity index is 1.97. The van der Waals surface area contributed by atoms with Gasteiger partial charge in [-0.1, -0.05) is 48.5 Å². The van der Waals surface area contributed by atoms with Crippen molar-refractivity contribution in [2.75, 3.05) is 0 Å². The van der Waals surface area contributed by atoms with Gasteiger partial charge < -0.3 is 5.11 Å². The van der Waals surface area contributed by atoms with Crippen molar-refractivity contribution in [3.05, 3.63) is 58.8 Å². The fourth-order valence-electron chi connectivity index (χ4n) is 2.96. The molecule has 3 rings (SSSR count). The van der Waals surface area contributed by atoms with Crippen LogP contribution in [0.15, 0.2) is 41.4 Å². The molecule has 1 aromatic carbocycles. The SMILES string of the molecule is N#Cc1cc2c(nc1SC(C(=O)O)c1ccccc1)CCCCC2. The molecule has 0 radical (unpaired) electrons. The normalized spacial score (nSPS) is 15.0. The van der Waals surface area contributed by atoms with E-state index in [-0.39, 0.29) is 0 Å². The van der Waals surface area contributed by atoms with Crippen molar-refractivity contribution < 1.29 is 9.90 Å². The van der Waals surface area contributed by atoms with Crippen LogP contribution in [0.5, 0.6) is 0 Å². The summed E-state index contributed by atoms with van der Waals surface area (Å²) in [7, 11) is 0. The molecule has 4 nitrogen and oxygen atoms in total. The van der Waals surface area contributed by atoms with Gasteiger partial charge in [0.15, 0.2) is 0 Å². The molecule has 1 aliphatic carbocycles. The molecule has 0 spiro atoms. The fraction of sp³-hybridized carbons (Fsp3) is 0.316. The number of benzene rings is 1. The topological polar surface area (TPSA) is 74.0 Å². The zero-order valence-electron chi connectivity index (χ0n) is 13.2. The summed E-state index contributed by atoms with van der Waals surface area (Å²) in [4.78, 5) is 16.4. The zero-order chi connectivity index (χ0) is 16.9. The van der Waals surface area contributed by atoms with Gasteiger partial charge in [-0.2, -0.15) is 5.26 Å². The Morgan fingerprint density at radius 1 is 1.21 bits per heavy atom. The number of thioether (sulfide) groups is 1. The third-order valence-corrected chi connectivity index (χ3v) is 5.44. The average molecular weight is 338 g/mol. The smallest absolute Gasteiger partial charge is 0.321 e. The summed E-state index contributed by atoms with van der Waals surface area (Å²) in [6.45, 7) is 0. The molecule has 0 fully saturated rings. The van der Waals surface area contributed by atoms with Gasteiger partial charge in [0.25, 0.3) is 0 Å². The predicted octanol–water partition coefficient (Wildman–Crippen LogP) is 4.14. The molecule has 0 saturated heterocycles. The zero-order valence-corrected chi connectivity index (χ0v) is 14.1. The number of hydrogen-bond acceptors (Lipinski definition) is 4. The van der Waals surface area contributed by atoms with Crippen molar-refractivity contribution in [1.82, 2.24) is 4.98 Å². The first kappa shape index (κ1) is 16.5. The largest absolute Gasteiger partial charge is 0.480 e. The quantitative estimate of drug-likeness (QED) is 0.670. The molecule has 1 aliphatic rings. The Bertz CT molecular complexity index is 784. The average Bonchev–Trinajstić information content (AvgIpc) is 2.84. The molecule has 122 valence electrons. The molecule has 1 aromatic heterocycles. The molecule has 0 amide bonds. The van der Waals surface area contributed by atoms with Crippen molar-refractivity contribution in [1.29, 1.82) is 5.26 Å². The summed E-state index contributed by atoms with van der Waals surface area (Å²) in [5.74, 6) is -0.924. The predicted molar refractivity (Wildman–Crippen MR) is 92.9 cm³/mol. The highest BCUT2D eigenvalue weighted by Gasteiger charge is 2.24. The molecule has 1 heterocycles. The maximum Gasteiger partial charge on any atom is 0.321 e. The summed E-state index contributed by atoms with van der Waals surface area (Å²) in [5.41, 5.74) is 3.34. The van der Waals surface area contributed by atoms with Crippen LogP contribution in [0.4, 0.5) is 0 Å². The van der Waals surface area contributed by atoms with Crippen molar-refractivity contribution >= 4 is 17.7 Å². The highest BCUT2D eigenvalue weighted by Crippen LogP contribution is 2.37. The van der Waals surface area contributed by atoms with E-state index in [1.165, 1.54) is 6.42 Å². The van der Waals surface area contributed by atoms with E-state index in [9.17, 15) is 15.2 Å². The van der Waals surface area contributed by atoms with Gasteiger partial charge in [-0.05, 0) is 42.9 Å². The fourth-order valence-corrected chi connectivity index (χ4v) is 3.97. The second kappa shape index (κ2) is 7.50. The number of carboxylic acid groups (broad SMARTS) is 1. The summed E-state index contributed by atoms with van der Waals surface area (Å²) in [6.07, 6.45) is 5.23. The van der Waals surface area contributed by atoms with Crippen LogP contribution in [-0.2, 0) is 17.6 Å². The molecule has 1 unspecified atom stereocenters. The van der Waals surface area contributed by atoms with Crippen LogP contribution in [0.1, 0.15) is 46.9 Å². The summed E-state index contributed by atoms with van der Waals surface area (Å²) < 4.78 is 0. The third kappa shape index (κ3) is 3.60. The van der Waals surface area contributed by atoms with E-state index < -0.39 is 11.2 Å². The number of carbonyl (C=O) groups is 1. The summed E-state index contributed by atoms with van der Waals surface area (Å²) in [6, 6.07) is 13.2. The van der Waals surface area contributed by atoms with Gasteiger partial charge in [-0.15, -0.1) is 0 Å². The van der Waals surface area contributed by atoms with E-state index in [2.05, 4.69) is 11.1 Å². The lowest BCUT2D eigenvalue weighted by molar-refractivity contribution is -0.136. The lowest BCUT2D eigenvalue weighted by atomic mass is 10.1. The van der Waals surface area contributed by atoms with Crippen LogP contribution in [0, 0.1) is 11.3 Å². The highest BCUT2D eigenvalue weighted by molar-refractivity contribution is 8.00. The van der Waals surface area contributed by atoms with Gasteiger partial charge in [0.2, 0.25) is 0 Å². The van der Waals surface area contributed by atoms with Crippen LogP contribution in [0.3, 0.4) is 0 Å². The maximum atomic E-state index is 11.7. The number of rotatable bonds is 4. The Morgan fingerprint density at radius 2 is 1.96 bits per heavy atom. The van der Waals surface area contributed by atoms with E-state index in [0.717, 1.165) is 48.7 Å². The van der Waals surface area contributed by atoms with Crippen LogP contribution < -0.4 is 0 Å². The summed E-state index contributed by atoms with van der Waals surface area (Å²) in [5, 5.41) is 18.8. The second-order valence-corrected chi connectivity index (χ2v) is 6.96. The van der Waals surface area contributed by atoms with Crippen LogP contribution in [0.25, 0.3) is 0 Å². The van der Waals surface area contributed by atoms with Gasteiger partial charge >= 0.3 is 5.97 Å². The van der Waals surface area contributed by atoms with Gasteiger partial charge in [0.05, 0.1) is 5.56 Å². The third-order valence-electron chi connectivity index (χ3n) is 4.19. The van der Waals surface area contributed by atoms with Crippen LogP contribution in [0.2, 0.25) is 0 Å². The first-order chi connectivity index (χ1) is 11.7. The number of hydrogen-bond donors (Lipinski definition) is 1. The van der Waals surface area contributed by atoms with E-state index in [1.807, 2.05) is 24.3 Å². The van der Waals surface area contributed by atoms with Crippen LogP contribution in [-0.4, -0.2) is 16.1 Å². The molecule has 1 atom stereocenters. The van der Waals surface area contributed by atoms with Gasteiger partial charge in [0, 0.05) is 5.69 Å². The van der Waals surface area contributed by atoms with Gasteiger partial charge in [-0.3, -0.25) is 4.79 Å². The molecule has 0 bridgehead atoms. The Morgan fingerprint density at radius 3 is 2.67 bits per heavy atom. The number of nitrogens with zero attached hydrogens (tertiary/aromatic N) is 2. The molecule has 5 heteroatoms. The molecule has 1 N–H and O–H groups in total. The Labute approximate surface area is 145 Å². The molecule has 0 aliphatic heterocycles. The summed E-state index contributed by atoms with van der Waals surface area (Å²) >= 11 is 1.15. The van der Waals surface area contributed by atoms with E-state index in [0.29, 0.717) is 16.2 Å². The Hall–Kier alpha value is -2.32. The lowest BCUT2D eigenvalue weighted by Gasteiger charge is -2.15. The Kier molecular flexibility index (Phi) is 5.17. The first-order valence-corrected chi connectivity index (χ1v) is 8.94. The standard InChI is InChI=1S/C19H18N2O2S/c20-12-15-11-14-9-5-2-6-10-16(14)21-18(15)24-17(19(22)23)13-7-3-1-4-8-13/h1,3-4,7-8,11,17H,2,5-6,9-10H2,(H,22,23). The maximum absolute atomic E-state index is 11.7. The number of carboxylic acids is 1. The number of nitriles is 1. The highest BCUT2D eigenvalue weighted by atomic mass is 32.2. The van der Waals surface area contributed by atoms with Crippen molar-refractivity contribution in [3.63, 3.8) is 0 Å². The monoisotopic (exact) mass is 338 g/mol. The van der Waals surface area contributed by atoms with Crippen LogP contribution >= 0.6 is 11.8 Å². The van der Waals surface area contributed by atoms with Crippen molar-refractivity contribution in [3.8, 4) is 6.07 Å². The minimum atomic E-state index is -0.924. The number of aliphatic carboxylic acids is 1. The molecular weight excluding hydrogens is 320 g/mol. The van der Waals surface area contributed by atoms with Gasteiger partial charge in [0.1, 0.15) is 16.3 Å². The molecule has 24 heavy (non-hydrogen) atoms. The van der Waals surface area contributed by atoms with Gasteiger partial charge in [-0.25, -0.2) is 4.98 Å². The first-order valence-electron chi connectivity index (χ1n) is 8.06. The lowest BCUT2D eigenvalue weighted by Crippen LogP contribution is -2.09.